The van der Waals surface area contributed by atoms with E-state index in [9.17, 15) is 55.5 Å². The Bertz CT molecular complexity index is 3060. The van der Waals surface area contributed by atoms with E-state index in [4.69, 9.17) is 0 Å². The molecule has 11 nitrogen and oxygen atoms in total. The molecule has 0 fully saturated rings. The predicted molar refractivity (Wildman–Crippen MR) is 192 cm³/mol. The van der Waals surface area contributed by atoms with E-state index in [0.29, 0.717) is 5.56 Å². The smallest absolute Gasteiger partial charge is 0.201 e. The van der Waals surface area contributed by atoms with Gasteiger partial charge in [0.1, 0.15) is 51.7 Å². The minimum atomic E-state index is -1.23. The Morgan fingerprint density at radius 1 is 0.510 bits per heavy atom. The van der Waals surface area contributed by atoms with Crippen molar-refractivity contribution in [2.75, 3.05) is 0 Å². The number of fused-ring (bicyclic) bond motifs is 1. The summed E-state index contributed by atoms with van der Waals surface area (Å²) in [5, 5.41) is 103. The summed E-state index contributed by atoms with van der Waals surface area (Å²) in [6.45, 7) is 4.98. The number of phenolic OH excluding ortho intramolecular Hbond substituents is 9. The fourth-order valence-corrected chi connectivity index (χ4v) is 8.88. The highest BCUT2D eigenvalue weighted by Crippen LogP contribution is 2.61. The van der Waals surface area contributed by atoms with Gasteiger partial charge in [-0.3, -0.25) is 9.59 Å². The molecule has 0 heterocycles. The van der Waals surface area contributed by atoms with Crippen LogP contribution in [0.25, 0.3) is 64.6 Å². The molecule has 0 aromatic heterocycles. The second kappa shape index (κ2) is 9.54. The molecule has 51 heavy (non-hydrogen) atoms. The number of benzene rings is 8. The Kier molecular flexibility index (Phi) is 5.69. The Hall–Kier alpha value is -6.62. The molecule has 1 unspecified atom stereocenters. The normalized spacial score (nSPS) is 14.3. The monoisotopic (exact) mass is 684 g/mol. The molecule has 0 radical (unpaired) electrons. The zero-order valence-electron chi connectivity index (χ0n) is 27.2. The minimum Gasteiger partial charge on any atom is -0.508 e. The fraction of sp³-hybridized carbons (Fsp3) is 0.150. The first kappa shape index (κ1) is 30.4. The van der Waals surface area contributed by atoms with Gasteiger partial charge in [-0.1, -0.05) is 32.9 Å². The second-order valence-electron chi connectivity index (χ2n) is 13.6. The lowest BCUT2D eigenvalue weighted by atomic mass is 9.80. The average molecular weight is 685 g/mol. The number of rotatable bonds is 3. The molecule has 9 rings (SSSR count). The van der Waals surface area contributed by atoms with Gasteiger partial charge < -0.3 is 46.0 Å². The van der Waals surface area contributed by atoms with E-state index in [1.165, 1.54) is 24.3 Å². The molecular formula is C40H28O11. The van der Waals surface area contributed by atoms with E-state index in [2.05, 4.69) is 0 Å². The van der Waals surface area contributed by atoms with Gasteiger partial charge in [-0.05, 0) is 30.0 Å². The van der Waals surface area contributed by atoms with Crippen LogP contribution in [-0.2, 0) is 6.42 Å². The van der Waals surface area contributed by atoms with Crippen LogP contribution in [0.2, 0.25) is 0 Å². The summed E-state index contributed by atoms with van der Waals surface area (Å²) in [5.41, 5.74) is -1.50. The maximum Gasteiger partial charge on any atom is 0.201 e. The van der Waals surface area contributed by atoms with Gasteiger partial charge in [-0.25, -0.2) is 0 Å². The Morgan fingerprint density at radius 2 is 0.922 bits per heavy atom. The van der Waals surface area contributed by atoms with Gasteiger partial charge in [-0.15, -0.1) is 0 Å². The molecule has 8 aromatic carbocycles. The maximum absolute atomic E-state index is 14.8. The molecule has 1 atom stereocenters. The first-order valence-electron chi connectivity index (χ1n) is 16.3. The Labute approximate surface area is 285 Å². The standard InChI is InChI=1S/C40H28O11/c1-4-14-35(46)31-29-27-25-21(15(42)9-17(44)23(25)39(50)33(29)36(14)47)20(12-5-7-13(41)8-6-12)22-16(43)10-18(45)24-26(22)28(27)30-32(31)37(48)19(11(2)3)38(49)34(30)40(24)51/h5-11,20,41-49H,4H2,1-3H3. The van der Waals surface area contributed by atoms with E-state index in [1.807, 2.05) is 0 Å². The lowest BCUT2D eigenvalue weighted by Gasteiger charge is -2.24. The van der Waals surface area contributed by atoms with Crippen molar-refractivity contribution in [1.29, 1.82) is 0 Å². The van der Waals surface area contributed by atoms with Crippen molar-refractivity contribution in [3.63, 3.8) is 0 Å². The van der Waals surface area contributed by atoms with Crippen LogP contribution in [0.15, 0.2) is 46.0 Å². The Balaban J connectivity index is 1.83. The Morgan fingerprint density at radius 3 is 1.39 bits per heavy atom. The molecule has 0 aliphatic heterocycles. The SMILES string of the molecule is CCc1c(O)c2c(=O)c3c(O)cc(O)c4c3c3c2c(c1O)c1c(O)c(C(C)C)c(O)c2c(=O)c5c(O)cc(O)c(c5c3c21)C4c1ccc(O)cc1. The van der Waals surface area contributed by atoms with Crippen molar-refractivity contribution in [3.05, 3.63) is 84.7 Å². The van der Waals surface area contributed by atoms with E-state index < -0.39 is 68.7 Å². The number of phenols is 9. The van der Waals surface area contributed by atoms with Crippen LogP contribution in [0, 0.1) is 0 Å². The third-order valence-corrected chi connectivity index (χ3v) is 10.8. The van der Waals surface area contributed by atoms with Crippen LogP contribution < -0.4 is 10.9 Å². The average Bonchev–Trinajstić information content (AvgIpc) is 3.19. The zero-order chi connectivity index (χ0) is 36.3. The van der Waals surface area contributed by atoms with Gasteiger partial charge in [0.15, 0.2) is 0 Å². The van der Waals surface area contributed by atoms with Crippen molar-refractivity contribution < 1.29 is 46.0 Å². The summed E-state index contributed by atoms with van der Waals surface area (Å²) in [5.74, 6) is -6.43. The number of hydrogen-bond donors (Lipinski definition) is 9. The molecule has 254 valence electrons. The van der Waals surface area contributed by atoms with Gasteiger partial charge in [0.2, 0.25) is 10.9 Å². The molecule has 0 saturated carbocycles. The van der Waals surface area contributed by atoms with Gasteiger partial charge in [-0.2, -0.15) is 0 Å². The quantitative estimate of drug-likeness (QED) is 0.0702. The van der Waals surface area contributed by atoms with Crippen molar-refractivity contribution in [2.24, 2.45) is 0 Å². The molecule has 0 spiro atoms. The molecule has 8 aromatic rings. The molecule has 0 saturated heterocycles. The molecular weight excluding hydrogens is 656 g/mol. The highest BCUT2D eigenvalue weighted by molar-refractivity contribution is 6.46. The lowest BCUT2D eigenvalue weighted by molar-refractivity contribution is 0.440. The number of hydrogen-bond acceptors (Lipinski definition) is 11. The van der Waals surface area contributed by atoms with E-state index in [1.54, 1.807) is 20.8 Å². The van der Waals surface area contributed by atoms with Gasteiger partial charge in [0, 0.05) is 83.4 Å². The first-order valence-corrected chi connectivity index (χ1v) is 16.3. The van der Waals surface area contributed by atoms with Crippen LogP contribution >= 0.6 is 0 Å². The van der Waals surface area contributed by atoms with E-state index in [-0.39, 0.29) is 99.1 Å². The largest absolute Gasteiger partial charge is 0.508 e. The summed E-state index contributed by atoms with van der Waals surface area (Å²) < 4.78 is 0. The molecule has 11 heteroatoms. The molecule has 0 bridgehead atoms. The highest BCUT2D eigenvalue weighted by Gasteiger charge is 2.39. The topological polar surface area (TPSA) is 216 Å². The third-order valence-electron chi connectivity index (χ3n) is 10.8. The van der Waals surface area contributed by atoms with Gasteiger partial charge in [0.25, 0.3) is 0 Å². The lowest BCUT2D eigenvalue weighted by Crippen LogP contribution is -2.10. The summed E-state index contributed by atoms with van der Waals surface area (Å²) in [6.07, 6.45) is 0.0193. The van der Waals surface area contributed by atoms with E-state index >= 15 is 0 Å². The predicted octanol–water partition coefficient (Wildman–Crippen LogP) is 6.73. The van der Waals surface area contributed by atoms with Gasteiger partial charge in [0.05, 0.1) is 21.5 Å². The van der Waals surface area contributed by atoms with Crippen LogP contribution in [0.4, 0.5) is 0 Å². The summed E-state index contributed by atoms with van der Waals surface area (Å²) >= 11 is 0. The van der Waals surface area contributed by atoms with Crippen LogP contribution in [0.5, 0.6) is 51.7 Å². The zero-order valence-corrected chi connectivity index (χ0v) is 27.2. The van der Waals surface area contributed by atoms with Crippen LogP contribution in [-0.4, -0.2) is 46.0 Å². The first-order chi connectivity index (χ1) is 24.2. The second-order valence-corrected chi connectivity index (χ2v) is 13.6. The minimum absolute atomic E-state index is 0.0122. The van der Waals surface area contributed by atoms with Crippen LogP contribution in [0.1, 0.15) is 60.4 Å². The van der Waals surface area contributed by atoms with Crippen molar-refractivity contribution in [1.82, 2.24) is 0 Å². The molecule has 1 aliphatic carbocycles. The summed E-state index contributed by atoms with van der Waals surface area (Å²) in [7, 11) is 0. The van der Waals surface area contributed by atoms with Crippen LogP contribution in [0.3, 0.4) is 0 Å². The highest BCUT2D eigenvalue weighted by atomic mass is 16.3. The summed E-state index contributed by atoms with van der Waals surface area (Å²) in [6, 6.07) is 7.68. The number of aromatic hydroxyl groups is 9. The van der Waals surface area contributed by atoms with Crippen molar-refractivity contribution >= 4 is 64.6 Å². The molecule has 0 amide bonds. The van der Waals surface area contributed by atoms with Gasteiger partial charge >= 0.3 is 0 Å². The van der Waals surface area contributed by atoms with Crippen molar-refractivity contribution in [2.45, 2.75) is 39.0 Å². The fourth-order valence-electron chi connectivity index (χ4n) is 8.88. The summed E-state index contributed by atoms with van der Waals surface area (Å²) in [4.78, 5) is 29.5. The molecule has 1 aliphatic rings. The van der Waals surface area contributed by atoms with Crippen molar-refractivity contribution in [3.8, 4) is 51.7 Å². The van der Waals surface area contributed by atoms with E-state index in [0.717, 1.165) is 12.1 Å². The maximum atomic E-state index is 14.8. The molecule has 9 N–H and O–H groups in total. The third kappa shape index (κ3) is 3.33.